The Morgan fingerprint density at radius 1 is 1.02 bits per heavy atom. The number of hydrogen-bond acceptors (Lipinski definition) is 9. The fourth-order valence-corrected chi connectivity index (χ4v) is 7.96. The average molecular weight is 646 g/mol. The number of amides is 4. The van der Waals surface area contributed by atoms with Crippen LogP contribution < -0.4 is 20.9 Å². The molecule has 4 aromatic rings. The molecule has 1 aliphatic carbocycles. The predicted molar refractivity (Wildman–Crippen MR) is 175 cm³/mol. The van der Waals surface area contributed by atoms with Gasteiger partial charge >= 0.3 is 11.8 Å². The van der Waals surface area contributed by atoms with Gasteiger partial charge in [-0.15, -0.1) is 11.3 Å². The second kappa shape index (κ2) is 11.5. The number of thiazole rings is 2. The summed E-state index contributed by atoms with van der Waals surface area (Å²) in [5.74, 6) is -0.467. The zero-order chi connectivity index (χ0) is 31.3. The Bertz CT molecular complexity index is 1890. The summed E-state index contributed by atoms with van der Waals surface area (Å²) in [6.07, 6.45) is 7.38. The summed E-state index contributed by atoms with van der Waals surface area (Å²) in [7, 11) is 0. The lowest BCUT2D eigenvalue weighted by Crippen LogP contribution is -2.54. The van der Waals surface area contributed by atoms with Crippen molar-refractivity contribution in [3.8, 4) is 0 Å². The third-order valence-corrected chi connectivity index (χ3v) is 10.5. The van der Waals surface area contributed by atoms with Crippen LogP contribution in [0.4, 0.5) is 21.8 Å². The SMILES string of the molecule is CC(=O)Nc1nc(N2CCCCC2)sc1NC(=O)c1ccc2cc3n(c2c1)C1(CCC1)C[N+](=CC(=O)Nc1csc(C)n1)C3=O. The van der Waals surface area contributed by atoms with E-state index in [1.807, 2.05) is 25.1 Å². The summed E-state index contributed by atoms with van der Waals surface area (Å²) < 4.78 is 3.57. The lowest BCUT2D eigenvalue weighted by Gasteiger charge is -2.44. The number of aromatic nitrogens is 3. The third kappa shape index (κ3) is 5.52. The van der Waals surface area contributed by atoms with E-state index in [9.17, 15) is 19.2 Å². The molecule has 45 heavy (non-hydrogen) atoms. The third-order valence-electron chi connectivity index (χ3n) is 8.68. The van der Waals surface area contributed by atoms with Gasteiger partial charge in [0.05, 0.1) is 10.5 Å². The molecular weight excluding hydrogens is 613 g/mol. The number of aryl methyl sites for hydroxylation is 1. The quantitative estimate of drug-likeness (QED) is 0.256. The molecule has 1 spiro atoms. The molecule has 0 unspecified atom stereocenters. The van der Waals surface area contributed by atoms with Crippen molar-refractivity contribution in [2.24, 2.45) is 0 Å². The molecule has 2 aliphatic heterocycles. The van der Waals surface area contributed by atoms with Crippen molar-refractivity contribution in [2.45, 2.75) is 57.9 Å². The van der Waals surface area contributed by atoms with Crippen molar-refractivity contribution in [1.29, 1.82) is 0 Å². The molecule has 5 heterocycles. The van der Waals surface area contributed by atoms with E-state index in [2.05, 4.69) is 35.4 Å². The second-order valence-corrected chi connectivity index (χ2v) is 13.9. The van der Waals surface area contributed by atoms with E-state index in [1.165, 1.54) is 46.8 Å². The lowest BCUT2D eigenvalue weighted by molar-refractivity contribution is -0.451. The van der Waals surface area contributed by atoms with Crippen molar-refractivity contribution in [3.05, 3.63) is 45.9 Å². The summed E-state index contributed by atoms with van der Waals surface area (Å²) in [6.45, 7) is 5.42. The Morgan fingerprint density at radius 2 is 1.82 bits per heavy atom. The number of nitrogens with one attached hydrogen (secondary N) is 3. The molecule has 7 rings (SSSR count). The monoisotopic (exact) mass is 645 g/mol. The van der Waals surface area contributed by atoms with Crippen LogP contribution in [-0.4, -0.2) is 68.6 Å². The molecule has 1 saturated carbocycles. The Labute approximate surface area is 267 Å². The smallest absolute Gasteiger partial charge is 0.348 e. The molecule has 0 radical (unpaired) electrons. The molecule has 0 bridgehead atoms. The fraction of sp³-hybridized carbons (Fsp3) is 0.387. The van der Waals surface area contributed by atoms with Gasteiger partial charge in [-0.25, -0.2) is 14.8 Å². The van der Waals surface area contributed by atoms with Crippen LogP contribution in [-0.2, 0) is 15.1 Å². The number of rotatable bonds is 6. The highest BCUT2D eigenvalue weighted by molar-refractivity contribution is 7.20. The van der Waals surface area contributed by atoms with Crippen LogP contribution in [0.2, 0.25) is 0 Å². The van der Waals surface area contributed by atoms with Crippen LogP contribution in [0.15, 0.2) is 29.6 Å². The predicted octanol–water partition coefficient (Wildman–Crippen LogP) is 4.82. The lowest BCUT2D eigenvalue weighted by atomic mass is 9.75. The molecule has 14 heteroatoms. The summed E-state index contributed by atoms with van der Waals surface area (Å²) in [5.41, 5.74) is 1.35. The Morgan fingerprint density at radius 3 is 2.51 bits per heavy atom. The van der Waals surface area contributed by atoms with Crippen molar-refractivity contribution in [2.75, 3.05) is 40.5 Å². The maximum Gasteiger partial charge on any atom is 0.436 e. The van der Waals surface area contributed by atoms with Crippen molar-refractivity contribution >= 4 is 85.2 Å². The summed E-state index contributed by atoms with van der Waals surface area (Å²) in [5, 5.41) is 13.2. The molecule has 1 saturated heterocycles. The van der Waals surface area contributed by atoms with Gasteiger partial charge in [-0.1, -0.05) is 17.4 Å². The maximum atomic E-state index is 13.7. The first-order chi connectivity index (χ1) is 21.7. The molecule has 3 aromatic heterocycles. The van der Waals surface area contributed by atoms with Crippen LogP contribution in [0.25, 0.3) is 10.9 Å². The minimum absolute atomic E-state index is 0.264. The van der Waals surface area contributed by atoms with Crippen molar-refractivity contribution in [3.63, 3.8) is 0 Å². The highest BCUT2D eigenvalue weighted by atomic mass is 32.1. The van der Waals surface area contributed by atoms with Gasteiger partial charge in [-0.05, 0) is 63.6 Å². The van der Waals surface area contributed by atoms with Crippen molar-refractivity contribution < 1.29 is 23.8 Å². The summed E-state index contributed by atoms with van der Waals surface area (Å²) >= 11 is 2.79. The van der Waals surface area contributed by atoms with E-state index in [4.69, 9.17) is 0 Å². The standard InChI is InChI=1S/C31H32N8O4S2/c1-18(40)32-26-28(45-30(35-26)37-11-4-3-5-12-37)36-27(42)21-8-7-20-13-23-29(43)38(15-25(41)34-24-16-44-19(2)33-24)17-31(9-6-10-31)39(23)22(20)14-21/h7-8,13-16,34,41H,3-6,9-12,17H2,1-2H3/p+1. The number of nitrogens with zero attached hydrogens (tertiary/aromatic N) is 5. The molecule has 4 amide bonds. The molecular formula is C31H33N8O4S2+. The number of fused-ring (bicyclic) bond motifs is 4. The molecule has 232 valence electrons. The number of carbonyl (C=O) groups is 4. The zero-order valence-corrected chi connectivity index (χ0v) is 26.6. The first-order valence-electron chi connectivity index (χ1n) is 15.1. The van der Waals surface area contributed by atoms with Gasteiger partial charge in [-0.3, -0.25) is 14.4 Å². The normalized spacial score (nSPS) is 18.1. The Kier molecular flexibility index (Phi) is 7.48. The largest absolute Gasteiger partial charge is 0.436 e. The first-order valence-corrected chi connectivity index (χ1v) is 16.8. The van der Waals surface area contributed by atoms with E-state index in [0.29, 0.717) is 34.4 Å². The fourth-order valence-electron chi connectivity index (χ4n) is 6.45. The number of piperidine rings is 1. The van der Waals surface area contributed by atoms with Gasteiger partial charge in [0, 0.05) is 36.3 Å². The molecule has 1 aromatic carbocycles. The second-order valence-electron chi connectivity index (χ2n) is 11.9. The molecule has 3 aliphatic rings. The van der Waals surface area contributed by atoms with Gasteiger partial charge in [0.2, 0.25) is 12.1 Å². The van der Waals surface area contributed by atoms with Crippen LogP contribution in [0, 0.1) is 6.92 Å². The number of carbonyl (C=O) groups excluding carboxylic acids is 4. The van der Waals surface area contributed by atoms with Crippen LogP contribution in [0.3, 0.4) is 0 Å². The summed E-state index contributed by atoms with van der Waals surface area (Å²) in [6, 6.07) is 7.24. The minimum Gasteiger partial charge on any atom is -0.348 e. The molecule has 2 fully saturated rings. The minimum atomic E-state index is -0.406. The van der Waals surface area contributed by atoms with Gasteiger partial charge in [0.1, 0.15) is 16.4 Å². The molecule has 3 N–H and O–H groups in total. The Hall–Kier alpha value is -4.43. The molecule has 12 nitrogen and oxygen atoms in total. The van der Waals surface area contributed by atoms with Crippen molar-refractivity contribution in [1.82, 2.24) is 14.5 Å². The first kappa shape index (κ1) is 29.3. The zero-order valence-electron chi connectivity index (χ0n) is 25.0. The summed E-state index contributed by atoms with van der Waals surface area (Å²) in [4.78, 5) is 63.1. The van der Waals surface area contributed by atoms with Gasteiger partial charge in [0.15, 0.2) is 23.2 Å². The van der Waals surface area contributed by atoms with Crippen LogP contribution in [0.5, 0.6) is 0 Å². The average Bonchev–Trinajstić information content (AvgIpc) is 3.70. The molecule has 0 atom stereocenters. The highest BCUT2D eigenvalue weighted by Crippen LogP contribution is 2.45. The number of hydrogen-bond donors (Lipinski definition) is 3. The van der Waals surface area contributed by atoms with E-state index in [1.54, 1.807) is 11.4 Å². The van der Waals surface area contributed by atoms with E-state index >= 15 is 0 Å². The van der Waals surface area contributed by atoms with E-state index in [0.717, 1.165) is 66.2 Å². The van der Waals surface area contributed by atoms with E-state index in [-0.39, 0.29) is 23.3 Å². The van der Waals surface area contributed by atoms with Gasteiger partial charge in [0.25, 0.3) is 5.91 Å². The van der Waals surface area contributed by atoms with E-state index < -0.39 is 5.91 Å². The maximum absolute atomic E-state index is 13.7. The van der Waals surface area contributed by atoms with Crippen LogP contribution >= 0.6 is 22.7 Å². The topological polar surface area (TPSA) is 141 Å². The Balaban J connectivity index is 1.18. The van der Waals surface area contributed by atoms with Gasteiger partial charge in [-0.2, -0.15) is 4.58 Å². The number of benzene rings is 1. The van der Waals surface area contributed by atoms with Gasteiger partial charge < -0.3 is 25.4 Å². The highest BCUT2D eigenvalue weighted by Gasteiger charge is 2.51. The van der Waals surface area contributed by atoms with Crippen LogP contribution in [0.1, 0.15) is 71.3 Å². The number of anilines is 4.